The molecule has 0 unspecified atom stereocenters. The van der Waals surface area contributed by atoms with E-state index in [-0.39, 0.29) is 11.9 Å². The van der Waals surface area contributed by atoms with Crippen LogP contribution in [0, 0.1) is 6.92 Å². The molecule has 0 aliphatic rings. The van der Waals surface area contributed by atoms with E-state index in [2.05, 4.69) is 25.6 Å². The standard InChI is InChI=1S/C10H13ClN6O/c1-5(9-14-6(2)15-16-9)13-10(18)8-7(11)4-12-17(8)3/h4-5H,1-3H3,(H,13,18)(H,14,15,16)/t5-/m1/s1. The van der Waals surface area contributed by atoms with Crippen molar-refractivity contribution in [3.05, 3.63) is 28.6 Å². The maximum Gasteiger partial charge on any atom is 0.271 e. The van der Waals surface area contributed by atoms with Gasteiger partial charge in [0.25, 0.3) is 5.91 Å². The molecule has 0 radical (unpaired) electrons. The molecule has 18 heavy (non-hydrogen) atoms. The quantitative estimate of drug-likeness (QED) is 0.869. The first-order chi connectivity index (χ1) is 8.49. The van der Waals surface area contributed by atoms with Gasteiger partial charge in [0, 0.05) is 7.05 Å². The van der Waals surface area contributed by atoms with Crippen LogP contribution in [0.25, 0.3) is 0 Å². The summed E-state index contributed by atoms with van der Waals surface area (Å²) >= 11 is 5.89. The lowest BCUT2D eigenvalue weighted by molar-refractivity contribution is 0.0929. The normalized spacial score (nSPS) is 12.4. The van der Waals surface area contributed by atoms with Gasteiger partial charge >= 0.3 is 0 Å². The average Bonchev–Trinajstić information content (AvgIpc) is 2.85. The molecule has 0 fully saturated rings. The van der Waals surface area contributed by atoms with Gasteiger partial charge in [0.2, 0.25) is 0 Å². The van der Waals surface area contributed by atoms with Gasteiger partial charge in [-0.1, -0.05) is 11.6 Å². The minimum absolute atomic E-state index is 0.310. The second-order valence-corrected chi connectivity index (χ2v) is 4.35. The van der Waals surface area contributed by atoms with E-state index in [1.807, 2.05) is 0 Å². The molecule has 0 saturated carbocycles. The summed E-state index contributed by atoms with van der Waals surface area (Å²) in [6.07, 6.45) is 1.43. The third kappa shape index (κ3) is 2.35. The summed E-state index contributed by atoms with van der Waals surface area (Å²) in [5.41, 5.74) is 0.316. The van der Waals surface area contributed by atoms with Crippen LogP contribution in [-0.4, -0.2) is 30.9 Å². The Morgan fingerprint density at radius 1 is 1.61 bits per heavy atom. The molecule has 0 aromatic carbocycles. The lowest BCUT2D eigenvalue weighted by Crippen LogP contribution is -2.29. The minimum Gasteiger partial charge on any atom is -0.341 e. The summed E-state index contributed by atoms with van der Waals surface area (Å²) in [7, 11) is 1.66. The molecular formula is C10H13ClN6O. The zero-order valence-corrected chi connectivity index (χ0v) is 11.0. The fourth-order valence-electron chi connectivity index (χ4n) is 1.55. The smallest absolute Gasteiger partial charge is 0.271 e. The van der Waals surface area contributed by atoms with Crippen LogP contribution in [0.5, 0.6) is 0 Å². The summed E-state index contributed by atoms with van der Waals surface area (Å²) < 4.78 is 1.42. The van der Waals surface area contributed by atoms with Crippen LogP contribution < -0.4 is 5.32 Å². The molecule has 2 rings (SSSR count). The topological polar surface area (TPSA) is 88.5 Å². The second kappa shape index (κ2) is 4.77. The first kappa shape index (κ1) is 12.6. The van der Waals surface area contributed by atoms with Crippen LogP contribution in [0.2, 0.25) is 5.02 Å². The second-order valence-electron chi connectivity index (χ2n) is 3.94. The SMILES string of the molecule is Cc1nc([C@@H](C)NC(=O)c2c(Cl)cnn2C)n[nH]1. The average molecular weight is 269 g/mol. The maximum absolute atomic E-state index is 12.0. The van der Waals surface area contributed by atoms with Crippen molar-refractivity contribution in [2.24, 2.45) is 7.05 Å². The molecule has 1 amide bonds. The third-order valence-electron chi connectivity index (χ3n) is 2.46. The minimum atomic E-state index is -0.312. The molecule has 7 nitrogen and oxygen atoms in total. The monoisotopic (exact) mass is 268 g/mol. The largest absolute Gasteiger partial charge is 0.341 e. The number of nitrogens with one attached hydrogen (secondary N) is 2. The van der Waals surface area contributed by atoms with Gasteiger partial charge in [-0.05, 0) is 13.8 Å². The number of rotatable bonds is 3. The molecule has 0 spiro atoms. The fraction of sp³-hybridized carbons (Fsp3) is 0.400. The molecular weight excluding hydrogens is 256 g/mol. The number of hydrogen-bond acceptors (Lipinski definition) is 4. The van der Waals surface area contributed by atoms with Crippen LogP contribution in [0.3, 0.4) is 0 Å². The Balaban J connectivity index is 2.13. The van der Waals surface area contributed by atoms with Crippen LogP contribution in [0.1, 0.15) is 35.1 Å². The van der Waals surface area contributed by atoms with Gasteiger partial charge in [-0.2, -0.15) is 10.2 Å². The van der Waals surface area contributed by atoms with Crippen molar-refractivity contribution in [1.82, 2.24) is 30.3 Å². The molecule has 8 heteroatoms. The Morgan fingerprint density at radius 2 is 2.33 bits per heavy atom. The number of aromatic amines is 1. The van der Waals surface area contributed by atoms with Crippen LogP contribution in [0.4, 0.5) is 0 Å². The van der Waals surface area contributed by atoms with Gasteiger partial charge in [-0.3, -0.25) is 14.6 Å². The van der Waals surface area contributed by atoms with Crippen molar-refractivity contribution in [2.75, 3.05) is 0 Å². The number of amides is 1. The summed E-state index contributed by atoms with van der Waals surface area (Å²) in [4.78, 5) is 16.2. The van der Waals surface area contributed by atoms with E-state index in [1.54, 1.807) is 20.9 Å². The number of halogens is 1. The van der Waals surface area contributed by atoms with E-state index in [0.29, 0.717) is 22.4 Å². The Bertz CT molecular complexity index is 555. The van der Waals surface area contributed by atoms with E-state index in [0.717, 1.165) is 0 Å². The van der Waals surface area contributed by atoms with Gasteiger partial charge < -0.3 is 5.32 Å². The third-order valence-corrected chi connectivity index (χ3v) is 2.74. The van der Waals surface area contributed by atoms with E-state index < -0.39 is 0 Å². The van der Waals surface area contributed by atoms with E-state index >= 15 is 0 Å². The zero-order chi connectivity index (χ0) is 13.3. The number of nitrogens with zero attached hydrogens (tertiary/aromatic N) is 4. The van der Waals surface area contributed by atoms with Crippen molar-refractivity contribution in [3.8, 4) is 0 Å². The van der Waals surface area contributed by atoms with Gasteiger partial charge in [0.05, 0.1) is 17.3 Å². The number of hydrogen-bond donors (Lipinski definition) is 2. The Kier molecular flexibility index (Phi) is 3.33. The fourth-order valence-corrected chi connectivity index (χ4v) is 1.80. The highest BCUT2D eigenvalue weighted by Gasteiger charge is 2.19. The van der Waals surface area contributed by atoms with Crippen molar-refractivity contribution >= 4 is 17.5 Å². The summed E-state index contributed by atoms with van der Waals surface area (Å²) in [5.74, 6) is 0.916. The highest BCUT2D eigenvalue weighted by molar-refractivity contribution is 6.33. The molecule has 0 bridgehead atoms. The lowest BCUT2D eigenvalue weighted by Gasteiger charge is -2.10. The maximum atomic E-state index is 12.0. The van der Waals surface area contributed by atoms with Crippen molar-refractivity contribution in [3.63, 3.8) is 0 Å². The highest BCUT2D eigenvalue weighted by atomic mass is 35.5. The Morgan fingerprint density at radius 3 is 2.83 bits per heavy atom. The lowest BCUT2D eigenvalue weighted by atomic mass is 10.3. The van der Waals surface area contributed by atoms with E-state index in [1.165, 1.54) is 10.9 Å². The molecule has 2 N–H and O–H groups in total. The van der Waals surface area contributed by atoms with Gasteiger partial charge in [0.1, 0.15) is 11.5 Å². The number of aryl methyl sites for hydroxylation is 2. The predicted octanol–water partition coefficient (Wildman–Crippen LogP) is 0.991. The molecule has 2 aromatic rings. The molecule has 0 saturated heterocycles. The molecule has 96 valence electrons. The van der Waals surface area contributed by atoms with Gasteiger partial charge in [-0.15, -0.1) is 0 Å². The van der Waals surface area contributed by atoms with E-state index in [4.69, 9.17) is 11.6 Å². The predicted molar refractivity (Wildman–Crippen MR) is 65.2 cm³/mol. The van der Waals surface area contributed by atoms with Crippen LogP contribution >= 0.6 is 11.6 Å². The summed E-state index contributed by atoms with van der Waals surface area (Å²) in [6.45, 7) is 3.59. The number of carbonyl (C=O) groups is 1. The Hall–Kier alpha value is -1.89. The summed E-state index contributed by atoms with van der Waals surface area (Å²) in [5, 5.41) is 13.7. The highest BCUT2D eigenvalue weighted by Crippen LogP contribution is 2.15. The first-order valence-electron chi connectivity index (χ1n) is 5.36. The number of H-pyrrole nitrogens is 1. The van der Waals surface area contributed by atoms with E-state index in [9.17, 15) is 4.79 Å². The van der Waals surface area contributed by atoms with Crippen molar-refractivity contribution < 1.29 is 4.79 Å². The molecule has 2 aromatic heterocycles. The molecule has 1 atom stereocenters. The van der Waals surface area contributed by atoms with Crippen LogP contribution in [-0.2, 0) is 7.05 Å². The molecule has 0 aliphatic carbocycles. The number of aromatic nitrogens is 5. The Labute approximate surface area is 109 Å². The molecule has 0 aliphatic heterocycles. The van der Waals surface area contributed by atoms with Crippen LogP contribution in [0.15, 0.2) is 6.20 Å². The number of carbonyl (C=O) groups excluding carboxylic acids is 1. The van der Waals surface area contributed by atoms with Crippen molar-refractivity contribution in [2.45, 2.75) is 19.9 Å². The first-order valence-corrected chi connectivity index (χ1v) is 5.74. The zero-order valence-electron chi connectivity index (χ0n) is 10.2. The van der Waals surface area contributed by atoms with Gasteiger partial charge in [0.15, 0.2) is 5.82 Å². The van der Waals surface area contributed by atoms with Gasteiger partial charge in [-0.25, -0.2) is 4.98 Å². The summed E-state index contributed by atoms with van der Waals surface area (Å²) in [6, 6.07) is -0.312. The molecule has 2 heterocycles. The van der Waals surface area contributed by atoms with Crippen molar-refractivity contribution in [1.29, 1.82) is 0 Å².